The normalized spacial score (nSPS) is 15.8. The van der Waals surface area contributed by atoms with Gasteiger partial charge in [-0.05, 0) is 17.2 Å². The Hall–Kier alpha value is -3.83. The van der Waals surface area contributed by atoms with Gasteiger partial charge >= 0.3 is 5.97 Å². The maximum absolute atomic E-state index is 12.3. The van der Waals surface area contributed by atoms with Gasteiger partial charge in [0.15, 0.2) is 0 Å². The predicted molar refractivity (Wildman–Crippen MR) is 104 cm³/mol. The van der Waals surface area contributed by atoms with Gasteiger partial charge in [0.2, 0.25) is 0 Å². The molecule has 0 aromatic heterocycles. The third kappa shape index (κ3) is 3.39. The van der Waals surface area contributed by atoms with E-state index in [0.717, 1.165) is 5.56 Å². The van der Waals surface area contributed by atoms with Crippen molar-refractivity contribution in [2.24, 2.45) is 5.92 Å². The predicted octanol–water partition coefficient (Wildman–Crippen LogP) is 4.01. The van der Waals surface area contributed by atoms with Crippen molar-refractivity contribution in [1.29, 1.82) is 10.5 Å². The minimum atomic E-state index is -0.539. The number of carbonyl (C=O) groups excluding carboxylic acids is 1. The second-order valence-electron chi connectivity index (χ2n) is 6.33. The fourth-order valence-corrected chi connectivity index (χ4v) is 3.60. The summed E-state index contributed by atoms with van der Waals surface area (Å²) in [5, 5.41) is 19.2. The number of benzene rings is 2. The number of rotatable bonds is 4. The van der Waals surface area contributed by atoms with Gasteiger partial charge in [-0.15, -0.1) is 0 Å². The third-order valence-corrected chi connectivity index (χ3v) is 4.84. The number of nitrogens with zero attached hydrogens (tertiary/aromatic N) is 2. The second kappa shape index (κ2) is 8.24. The van der Waals surface area contributed by atoms with Crippen LogP contribution in [0.25, 0.3) is 5.57 Å². The SMILES string of the molecule is C=C(C(=O)OC)[C@@H](c1ccccc1)[C@@H]1COc2ccccc2C1=C(C#N)C#N. The molecule has 28 heavy (non-hydrogen) atoms. The largest absolute Gasteiger partial charge is 0.492 e. The van der Waals surface area contributed by atoms with Gasteiger partial charge in [-0.1, -0.05) is 55.1 Å². The molecule has 0 bridgehead atoms. The molecule has 5 heteroatoms. The van der Waals surface area contributed by atoms with Crippen LogP contribution in [-0.2, 0) is 9.53 Å². The van der Waals surface area contributed by atoms with Crippen LogP contribution >= 0.6 is 0 Å². The van der Waals surface area contributed by atoms with Crippen molar-refractivity contribution in [1.82, 2.24) is 0 Å². The maximum atomic E-state index is 12.3. The lowest BCUT2D eigenvalue weighted by Gasteiger charge is -2.34. The van der Waals surface area contributed by atoms with E-state index in [1.54, 1.807) is 6.07 Å². The zero-order valence-corrected chi connectivity index (χ0v) is 15.4. The van der Waals surface area contributed by atoms with Crippen molar-refractivity contribution in [3.8, 4) is 17.9 Å². The Morgan fingerprint density at radius 1 is 1.14 bits per heavy atom. The van der Waals surface area contributed by atoms with Crippen molar-refractivity contribution in [3.05, 3.63) is 83.4 Å². The summed E-state index contributed by atoms with van der Waals surface area (Å²) in [5.41, 5.74) is 2.31. The summed E-state index contributed by atoms with van der Waals surface area (Å²) in [4.78, 5) is 12.3. The average molecular weight is 370 g/mol. The van der Waals surface area contributed by atoms with Crippen LogP contribution in [0.15, 0.2) is 72.3 Å². The van der Waals surface area contributed by atoms with Crippen LogP contribution in [0.5, 0.6) is 5.75 Å². The molecule has 1 aliphatic heterocycles. The van der Waals surface area contributed by atoms with E-state index >= 15 is 0 Å². The molecule has 1 aliphatic rings. The molecule has 0 spiro atoms. The monoisotopic (exact) mass is 370 g/mol. The molecule has 0 fully saturated rings. The lowest BCUT2D eigenvalue weighted by Crippen LogP contribution is -2.30. The Bertz CT molecular complexity index is 1010. The van der Waals surface area contributed by atoms with Gasteiger partial charge in [-0.25, -0.2) is 4.79 Å². The van der Waals surface area contributed by atoms with Crippen molar-refractivity contribution >= 4 is 11.5 Å². The maximum Gasteiger partial charge on any atom is 0.333 e. The summed E-state index contributed by atoms with van der Waals surface area (Å²) in [6, 6.07) is 20.6. The topological polar surface area (TPSA) is 83.1 Å². The quantitative estimate of drug-likeness (QED) is 0.461. The van der Waals surface area contributed by atoms with Crippen molar-refractivity contribution in [2.45, 2.75) is 5.92 Å². The minimum absolute atomic E-state index is 0.000605. The number of ether oxygens (including phenoxy) is 2. The fourth-order valence-electron chi connectivity index (χ4n) is 3.60. The van der Waals surface area contributed by atoms with Gasteiger partial charge in [-0.3, -0.25) is 0 Å². The zero-order chi connectivity index (χ0) is 20.1. The van der Waals surface area contributed by atoms with E-state index in [1.807, 2.05) is 60.7 Å². The number of methoxy groups -OCH3 is 1. The van der Waals surface area contributed by atoms with Crippen molar-refractivity contribution < 1.29 is 14.3 Å². The van der Waals surface area contributed by atoms with Crippen LogP contribution in [0.1, 0.15) is 17.0 Å². The van der Waals surface area contributed by atoms with E-state index in [9.17, 15) is 15.3 Å². The molecular weight excluding hydrogens is 352 g/mol. The number of carbonyl (C=O) groups is 1. The lowest BCUT2D eigenvalue weighted by molar-refractivity contribution is -0.136. The van der Waals surface area contributed by atoms with Gasteiger partial charge in [0.05, 0.1) is 13.7 Å². The van der Waals surface area contributed by atoms with E-state index in [-0.39, 0.29) is 17.8 Å². The first-order chi connectivity index (χ1) is 13.6. The number of hydrogen-bond donors (Lipinski definition) is 0. The summed E-state index contributed by atoms with van der Waals surface area (Å²) in [6.07, 6.45) is 0. The van der Waals surface area contributed by atoms with Crippen LogP contribution in [0.2, 0.25) is 0 Å². The average Bonchev–Trinajstić information content (AvgIpc) is 2.75. The van der Waals surface area contributed by atoms with Crippen LogP contribution < -0.4 is 4.74 Å². The van der Waals surface area contributed by atoms with E-state index in [0.29, 0.717) is 16.9 Å². The van der Waals surface area contributed by atoms with E-state index in [1.165, 1.54) is 7.11 Å². The Kier molecular flexibility index (Phi) is 5.58. The van der Waals surface area contributed by atoms with Gasteiger partial charge in [0.1, 0.15) is 23.5 Å². The zero-order valence-electron chi connectivity index (χ0n) is 15.4. The molecule has 5 nitrogen and oxygen atoms in total. The Labute approximate surface area is 163 Å². The van der Waals surface area contributed by atoms with Crippen LogP contribution in [0.3, 0.4) is 0 Å². The van der Waals surface area contributed by atoms with E-state index in [4.69, 9.17) is 9.47 Å². The molecule has 3 rings (SSSR count). The molecule has 0 N–H and O–H groups in total. The molecule has 2 atom stereocenters. The number of nitriles is 2. The standard InChI is InChI=1S/C23H18N2O3/c1-15(23(26)27-2)21(16-8-4-3-5-9-16)19-14-28-20-11-7-6-10-18(20)22(19)17(12-24)13-25/h3-11,19,21H,1,14H2,2H3/t19-,21-/m0/s1. The number of hydrogen-bond acceptors (Lipinski definition) is 5. The fraction of sp³-hybridized carbons (Fsp3) is 0.174. The molecule has 2 aromatic rings. The van der Waals surface area contributed by atoms with Gasteiger partial charge in [-0.2, -0.15) is 10.5 Å². The van der Waals surface area contributed by atoms with Crippen LogP contribution in [0.4, 0.5) is 0 Å². The molecule has 1 heterocycles. The highest BCUT2D eigenvalue weighted by atomic mass is 16.5. The molecule has 0 saturated carbocycles. The molecular formula is C23H18N2O3. The highest BCUT2D eigenvalue weighted by molar-refractivity contribution is 5.91. The summed E-state index contributed by atoms with van der Waals surface area (Å²) in [6.45, 7) is 4.16. The Morgan fingerprint density at radius 3 is 2.43 bits per heavy atom. The molecule has 138 valence electrons. The molecule has 0 saturated heterocycles. The van der Waals surface area contributed by atoms with Gasteiger partial charge in [0.25, 0.3) is 0 Å². The summed E-state index contributed by atoms with van der Waals surface area (Å²) < 4.78 is 10.8. The van der Waals surface area contributed by atoms with Crippen molar-refractivity contribution in [2.75, 3.05) is 13.7 Å². The van der Waals surface area contributed by atoms with Gasteiger partial charge in [0, 0.05) is 23.0 Å². The first kappa shape index (κ1) is 18.9. The highest BCUT2D eigenvalue weighted by Crippen LogP contribution is 2.46. The lowest BCUT2D eigenvalue weighted by atomic mass is 9.73. The highest BCUT2D eigenvalue weighted by Gasteiger charge is 2.38. The summed E-state index contributed by atoms with van der Waals surface area (Å²) >= 11 is 0. The third-order valence-electron chi connectivity index (χ3n) is 4.84. The van der Waals surface area contributed by atoms with Crippen LogP contribution in [0, 0.1) is 28.6 Å². The molecule has 0 amide bonds. The minimum Gasteiger partial charge on any atom is -0.492 e. The number of allylic oxidation sites excluding steroid dienone is 1. The van der Waals surface area contributed by atoms with E-state index in [2.05, 4.69) is 6.58 Å². The van der Waals surface area contributed by atoms with Crippen LogP contribution in [-0.4, -0.2) is 19.7 Å². The van der Waals surface area contributed by atoms with Crippen molar-refractivity contribution in [3.63, 3.8) is 0 Å². The molecule has 0 unspecified atom stereocenters. The molecule has 2 aromatic carbocycles. The number of para-hydroxylation sites is 1. The summed E-state index contributed by atoms with van der Waals surface area (Å²) in [7, 11) is 1.30. The van der Waals surface area contributed by atoms with Gasteiger partial charge < -0.3 is 9.47 Å². The number of fused-ring (bicyclic) bond motifs is 1. The second-order valence-corrected chi connectivity index (χ2v) is 6.33. The first-order valence-corrected chi connectivity index (χ1v) is 8.71. The summed E-state index contributed by atoms with van der Waals surface area (Å²) in [5.74, 6) is -0.887. The first-order valence-electron chi connectivity index (χ1n) is 8.71. The molecule has 0 radical (unpaired) electrons. The molecule has 0 aliphatic carbocycles. The smallest absolute Gasteiger partial charge is 0.333 e. The Balaban J connectivity index is 2.23. The number of esters is 1. The van der Waals surface area contributed by atoms with E-state index < -0.39 is 17.8 Å². The Morgan fingerprint density at radius 2 is 1.79 bits per heavy atom.